The van der Waals surface area contributed by atoms with E-state index in [-0.39, 0.29) is 17.6 Å². The Labute approximate surface area is 174 Å². The lowest BCUT2D eigenvalue weighted by molar-refractivity contribution is -0.126. The summed E-state index contributed by atoms with van der Waals surface area (Å²) in [5.74, 6) is 0.0883. The first kappa shape index (κ1) is 20.0. The number of hydrogen-bond donors (Lipinski definition) is 1. The summed E-state index contributed by atoms with van der Waals surface area (Å²) in [4.78, 5) is 19.0. The van der Waals surface area contributed by atoms with E-state index in [0.717, 1.165) is 16.9 Å². The fraction of sp³-hybridized carbons (Fsp3) is 0.318. The van der Waals surface area contributed by atoms with Gasteiger partial charge in [0.05, 0.1) is 18.2 Å². The number of halogens is 1. The number of nitrogens with zero attached hydrogens (tertiary/aromatic N) is 4. The van der Waals surface area contributed by atoms with E-state index < -0.39 is 6.10 Å². The molecule has 0 spiro atoms. The van der Waals surface area contributed by atoms with Gasteiger partial charge in [0.1, 0.15) is 17.3 Å². The van der Waals surface area contributed by atoms with Gasteiger partial charge in [0.15, 0.2) is 0 Å². The van der Waals surface area contributed by atoms with Gasteiger partial charge in [0.25, 0.3) is 0 Å². The third-order valence-electron chi connectivity index (χ3n) is 5.19. The largest absolute Gasteiger partial charge is 0.373 e. The van der Waals surface area contributed by atoms with Crippen LogP contribution in [0.25, 0.3) is 5.69 Å². The van der Waals surface area contributed by atoms with Gasteiger partial charge in [-0.15, -0.1) is 0 Å². The summed E-state index contributed by atoms with van der Waals surface area (Å²) < 4.78 is 21.3. The Morgan fingerprint density at radius 3 is 2.97 bits per heavy atom. The predicted octanol–water partition coefficient (Wildman–Crippen LogP) is 2.87. The highest BCUT2D eigenvalue weighted by atomic mass is 19.1. The summed E-state index contributed by atoms with van der Waals surface area (Å²) in [5, 5.41) is 7.26. The fourth-order valence-corrected chi connectivity index (χ4v) is 3.57. The third kappa shape index (κ3) is 4.18. The number of benzene rings is 1. The normalized spacial score (nSPS) is 18.4. The topological polar surface area (TPSA) is 72.3 Å². The first-order valence-corrected chi connectivity index (χ1v) is 9.84. The van der Waals surface area contributed by atoms with E-state index in [9.17, 15) is 9.18 Å². The number of carbonyl (C=O) groups is 1. The Hall–Kier alpha value is -3.26. The summed E-state index contributed by atoms with van der Waals surface area (Å²) in [6, 6.07) is 10.3. The molecule has 1 aliphatic rings. The van der Waals surface area contributed by atoms with Gasteiger partial charge < -0.3 is 15.0 Å². The van der Waals surface area contributed by atoms with Crippen molar-refractivity contribution in [3.63, 3.8) is 0 Å². The number of ether oxygens (including phenoxy) is 1. The van der Waals surface area contributed by atoms with E-state index in [1.54, 1.807) is 36.8 Å². The van der Waals surface area contributed by atoms with E-state index in [2.05, 4.69) is 15.4 Å². The molecule has 1 aromatic carbocycles. The van der Waals surface area contributed by atoms with E-state index >= 15 is 0 Å². The van der Waals surface area contributed by atoms with Gasteiger partial charge in [-0.2, -0.15) is 5.10 Å². The number of rotatable bonds is 6. The van der Waals surface area contributed by atoms with Crippen LogP contribution in [0.3, 0.4) is 0 Å². The van der Waals surface area contributed by atoms with Crippen LogP contribution in [0.1, 0.15) is 23.7 Å². The minimum absolute atomic E-state index is 0.0700. The van der Waals surface area contributed by atoms with Crippen LogP contribution in [-0.2, 0) is 16.1 Å². The summed E-state index contributed by atoms with van der Waals surface area (Å²) >= 11 is 0. The van der Waals surface area contributed by atoms with E-state index in [0.29, 0.717) is 25.3 Å². The van der Waals surface area contributed by atoms with Gasteiger partial charge in [-0.3, -0.25) is 4.79 Å². The SMILES string of the molecule is CN(C)c1cc(CNC(=O)[C@H]2CCO[C@@H]2c2cnn(-c3ccccc3F)c2)ccn1. The molecule has 2 atom stereocenters. The Morgan fingerprint density at radius 2 is 2.17 bits per heavy atom. The Bertz CT molecular complexity index is 1040. The van der Waals surface area contributed by atoms with Crippen molar-refractivity contribution in [3.05, 3.63) is 71.9 Å². The second-order valence-corrected chi connectivity index (χ2v) is 7.49. The molecule has 0 radical (unpaired) electrons. The average molecular weight is 409 g/mol. The van der Waals surface area contributed by atoms with E-state index in [4.69, 9.17) is 4.74 Å². The number of carbonyl (C=O) groups excluding carboxylic acids is 1. The molecule has 3 heterocycles. The van der Waals surface area contributed by atoms with Crippen LogP contribution in [0.5, 0.6) is 0 Å². The molecule has 0 saturated carbocycles. The molecule has 1 amide bonds. The summed E-state index contributed by atoms with van der Waals surface area (Å²) in [6.45, 7) is 0.910. The highest BCUT2D eigenvalue weighted by molar-refractivity contribution is 5.79. The Kier molecular flexibility index (Phi) is 5.76. The maximum absolute atomic E-state index is 14.0. The highest BCUT2D eigenvalue weighted by Crippen LogP contribution is 2.35. The zero-order valence-electron chi connectivity index (χ0n) is 17.0. The van der Waals surface area contributed by atoms with Gasteiger partial charge in [-0.25, -0.2) is 14.1 Å². The van der Waals surface area contributed by atoms with Gasteiger partial charge in [-0.1, -0.05) is 12.1 Å². The molecule has 30 heavy (non-hydrogen) atoms. The zero-order chi connectivity index (χ0) is 21.1. The molecule has 1 fully saturated rings. The maximum atomic E-state index is 14.0. The lowest BCUT2D eigenvalue weighted by Crippen LogP contribution is -2.32. The van der Waals surface area contributed by atoms with E-state index in [1.165, 1.54) is 10.7 Å². The predicted molar refractivity (Wildman–Crippen MR) is 111 cm³/mol. The number of amides is 1. The zero-order valence-corrected chi connectivity index (χ0v) is 17.0. The number of hydrogen-bond acceptors (Lipinski definition) is 5. The molecule has 7 nitrogen and oxygen atoms in total. The van der Waals surface area contributed by atoms with Crippen molar-refractivity contribution in [1.29, 1.82) is 0 Å². The van der Waals surface area contributed by atoms with Crippen LogP contribution in [0, 0.1) is 11.7 Å². The molecule has 1 N–H and O–H groups in total. The first-order valence-electron chi connectivity index (χ1n) is 9.84. The van der Waals surface area contributed by atoms with Gasteiger partial charge >= 0.3 is 0 Å². The third-order valence-corrected chi connectivity index (χ3v) is 5.19. The average Bonchev–Trinajstić information content (AvgIpc) is 3.42. The smallest absolute Gasteiger partial charge is 0.226 e. The second-order valence-electron chi connectivity index (χ2n) is 7.49. The van der Waals surface area contributed by atoms with Gasteiger partial charge in [0.2, 0.25) is 5.91 Å². The molecule has 1 aliphatic heterocycles. The molecule has 0 unspecified atom stereocenters. The van der Waals surface area contributed by atoms with Crippen molar-refractivity contribution >= 4 is 11.7 Å². The molecular weight excluding hydrogens is 385 g/mol. The molecule has 8 heteroatoms. The molecular formula is C22H24FN5O2. The van der Waals surface area contributed by atoms with Gasteiger partial charge in [0, 0.05) is 45.2 Å². The quantitative estimate of drug-likeness (QED) is 0.678. The summed E-state index contributed by atoms with van der Waals surface area (Å²) in [6.07, 6.45) is 5.31. The van der Waals surface area contributed by atoms with E-state index in [1.807, 2.05) is 31.1 Å². The minimum atomic E-state index is -0.403. The van der Waals surface area contributed by atoms with Crippen LogP contribution >= 0.6 is 0 Å². The highest BCUT2D eigenvalue weighted by Gasteiger charge is 2.36. The number of para-hydroxylation sites is 1. The fourth-order valence-electron chi connectivity index (χ4n) is 3.57. The van der Waals surface area contributed by atoms with Crippen LogP contribution < -0.4 is 10.2 Å². The minimum Gasteiger partial charge on any atom is -0.373 e. The Balaban J connectivity index is 1.44. The van der Waals surface area contributed by atoms with Crippen LogP contribution in [0.2, 0.25) is 0 Å². The maximum Gasteiger partial charge on any atom is 0.226 e. The Morgan fingerprint density at radius 1 is 1.33 bits per heavy atom. The van der Waals surface area contributed by atoms with Crippen molar-refractivity contribution in [2.45, 2.75) is 19.1 Å². The number of pyridine rings is 1. The molecule has 156 valence electrons. The molecule has 4 rings (SSSR count). The molecule has 0 aliphatic carbocycles. The van der Waals surface area contributed by atoms with Crippen LogP contribution in [0.15, 0.2) is 55.0 Å². The lowest BCUT2D eigenvalue weighted by atomic mass is 9.96. The van der Waals surface area contributed by atoms with Gasteiger partial charge in [-0.05, 0) is 36.2 Å². The summed E-state index contributed by atoms with van der Waals surface area (Å²) in [7, 11) is 3.85. The molecule has 0 bridgehead atoms. The van der Waals surface area contributed by atoms with Crippen LogP contribution in [-0.4, -0.2) is 41.4 Å². The summed E-state index contributed by atoms with van der Waals surface area (Å²) in [5.41, 5.74) is 2.09. The first-order chi connectivity index (χ1) is 14.5. The number of aromatic nitrogens is 3. The lowest BCUT2D eigenvalue weighted by Gasteiger charge is -2.17. The van der Waals surface area contributed by atoms with Crippen molar-refractivity contribution in [3.8, 4) is 5.69 Å². The van der Waals surface area contributed by atoms with Crippen molar-refractivity contribution in [2.75, 3.05) is 25.6 Å². The second kappa shape index (κ2) is 8.62. The number of anilines is 1. The molecule has 2 aromatic heterocycles. The molecule has 3 aromatic rings. The standard InChI is InChI=1S/C22H24FN5O2/c1-27(2)20-11-15(7-9-24-20)12-25-22(29)17-8-10-30-21(17)16-13-26-28(14-16)19-6-4-3-5-18(19)23/h3-7,9,11,13-14,17,21H,8,10,12H2,1-2H3,(H,25,29)/t17-,21+/m0/s1. The molecule has 1 saturated heterocycles. The van der Waals surface area contributed by atoms with Crippen molar-refractivity contribution in [1.82, 2.24) is 20.1 Å². The monoisotopic (exact) mass is 409 g/mol. The van der Waals surface area contributed by atoms with Crippen molar-refractivity contribution in [2.24, 2.45) is 5.92 Å². The number of nitrogens with one attached hydrogen (secondary N) is 1. The van der Waals surface area contributed by atoms with Crippen molar-refractivity contribution < 1.29 is 13.9 Å². The van der Waals surface area contributed by atoms with Crippen LogP contribution in [0.4, 0.5) is 10.2 Å².